The molecule has 0 N–H and O–H groups in total. The summed E-state index contributed by atoms with van der Waals surface area (Å²) in [6, 6.07) is 26.3. The van der Waals surface area contributed by atoms with Gasteiger partial charge in [-0.1, -0.05) is 60.1 Å². The number of likely N-dealkylation sites (tertiary alicyclic amines) is 1. The Hall–Kier alpha value is -3.81. The number of aliphatic imine (C=N–C) groups is 1. The number of nitrogens with zero attached hydrogens (tertiary/aromatic N) is 4. The fourth-order valence-electron chi connectivity index (χ4n) is 5.30. The van der Waals surface area contributed by atoms with E-state index in [1.807, 2.05) is 72.4 Å². The molecule has 1 amide bonds. The fraction of sp³-hybridized carbons (Fsp3) is 0.242. The highest BCUT2D eigenvalue weighted by molar-refractivity contribution is 8.18. The monoisotopic (exact) mass is 582 g/mol. The third kappa shape index (κ3) is 6.26. The molecule has 41 heavy (non-hydrogen) atoms. The molecule has 0 unspecified atom stereocenters. The minimum absolute atomic E-state index is 0.209. The van der Waals surface area contributed by atoms with Gasteiger partial charge in [0.25, 0.3) is 5.91 Å². The van der Waals surface area contributed by atoms with Gasteiger partial charge in [-0.2, -0.15) is 10.1 Å². The number of benzene rings is 3. The van der Waals surface area contributed by atoms with Crippen molar-refractivity contribution in [3.8, 4) is 22.7 Å². The molecule has 8 heteroatoms. The first-order valence-electron chi connectivity index (χ1n) is 14.0. The maximum absolute atomic E-state index is 13.1. The van der Waals surface area contributed by atoms with Crippen molar-refractivity contribution in [1.29, 1.82) is 0 Å². The van der Waals surface area contributed by atoms with E-state index in [1.54, 1.807) is 0 Å². The summed E-state index contributed by atoms with van der Waals surface area (Å²) in [5.41, 5.74) is 4.71. The standard InChI is InChI=1S/C33H31ClN4O2S/c1-2-40-29-14-13-25(20-28(29)34)31-26(22-38(36-31)27-11-7-4-8-12-27)21-30-32(39)35-33(41-30)37-17-15-24(16-18-37)19-23-9-5-3-6-10-23/h3-14,20-22,24H,2,15-19H2,1H3. The predicted octanol–water partition coefficient (Wildman–Crippen LogP) is 7.52. The van der Waals surface area contributed by atoms with Crippen LogP contribution in [0.15, 0.2) is 95.0 Å². The maximum atomic E-state index is 13.1. The summed E-state index contributed by atoms with van der Waals surface area (Å²) in [5, 5.41) is 6.20. The SMILES string of the molecule is CCOc1ccc(-c2nn(-c3ccccc3)cc2C=C2SC(N3CCC(Cc4ccccc4)CC3)=NC2=O)cc1Cl. The number of amides is 1. The van der Waals surface area contributed by atoms with Crippen LogP contribution in [-0.2, 0) is 11.2 Å². The number of aromatic nitrogens is 2. The number of carbonyl (C=O) groups is 1. The summed E-state index contributed by atoms with van der Waals surface area (Å²) in [6.45, 7) is 4.28. The fourth-order valence-corrected chi connectivity index (χ4v) is 6.49. The lowest BCUT2D eigenvalue weighted by Crippen LogP contribution is -2.37. The smallest absolute Gasteiger partial charge is 0.286 e. The highest BCUT2D eigenvalue weighted by atomic mass is 35.5. The Morgan fingerprint density at radius 2 is 1.76 bits per heavy atom. The van der Waals surface area contributed by atoms with Gasteiger partial charge < -0.3 is 9.64 Å². The van der Waals surface area contributed by atoms with E-state index in [2.05, 4.69) is 40.2 Å². The molecule has 0 radical (unpaired) electrons. The maximum Gasteiger partial charge on any atom is 0.286 e. The summed E-state index contributed by atoms with van der Waals surface area (Å²) in [7, 11) is 0. The molecular formula is C33H31ClN4O2S. The van der Waals surface area contributed by atoms with Gasteiger partial charge in [-0.25, -0.2) is 4.68 Å². The second-order valence-electron chi connectivity index (χ2n) is 10.2. The Morgan fingerprint density at radius 1 is 1.02 bits per heavy atom. The van der Waals surface area contributed by atoms with Crippen LogP contribution in [-0.4, -0.2) is 45.5 Å². The van der Waals surface area contributed by atoms with Crippen LogP contribution in [0.2, 0.25) is 5.02 Å². The molecule has 2 aliphatic rings. The van der Waals surface area contributed by atoms with Crippen molar-refractivity contribution in [1.82, 2.24) is 14.7 Å². The Morgan fingerprint density at radius 3 is 2.46 bits per heavy atom. The van der Waals surface area contributed by atoms with Crippen molar-refractivity contribution in [2.45, 2.75) is 26.2 Å². The van der Waals surface area contributed by atoms with Crippen LogP contribution < -0.4 is 4.74 Å². The molecule has 6 rings (SSSR count). The molecule has 0 saturated carbocycles. The summed E-state index contributed by atoms with van der Waals surface area (Å²) < 4.78 is 7.45. The van der Waals surface area contributed by atoms with Crippen molar-refractivity contribution in [3.05, 3.63) is 106 Å². The van der Waals surface area contributed by atoms with E-state index >= 15 is 0 Å². The van der Waals surface area contributed by atoms with Crippen molar-refractivity contribution in [3.63, 3.8) is 0 Å². The summed E-state index contributed by atoms with van der Waals surface area (Å²) in [5.74, 6) is 1.07. The van der Waals surface area contributed by atoms with Crippen LogP contribution in [0.1, 0.15) is 30.9 Å². The third-order valence-electron chi connectivity index (χ3n) is 7.42. The van der Waals surface area contributed by atoms with Gasteiger partial charge in [0.05, 0.1) is 22.2 Å². The number of ether oxygens (including phenoxy) is 1. The van der Waals surface area contributed by atoms with E-state index in [-0.39, 0.29) is 5.91 Å². The summed E-state index contributed by atoms with van der Waals surface area (Å²) >= 11 is 7.98. The molecule has 0 spiro atoms. The average molecular weight is 583 g/mol. The molecule has 3 heterocycles. The molecule has 2 aliphatic heterocycles. The third-order valence-corrected chi connectivity index (χ3v) is 8.76. The van der Waals surface area contributed by atoms with Gasteiger partial charge in [0.15, 0.2) is 5.17 Å². The van der Waals surface area contributed by atoms with Crippen LogP contribution in [0.3, 0.4) is 0 Å². The molecule has 208 valence electrons. The van der Waals surface area contributed by atoms with E-state index < -0.39 is 0 Å². The van der Waals surface area contributed by atoms with Crippen LogP contribution in [0.4, 0.5) is 0 Å². The zero-order valence-corrected chi connectivity index (χ0v) is 24.4. The number of rotatable bonds is 7. The Balaban J connectivity index is 1.22. The molecule has 4 aromatic rings. The van der Waals surface area contributed by atoms with Gasteiger partial charge >= 0.3 is 0 Å². The van der Waals surface area contributed by atoms with E-state index in [0.29, 0.717) is 28.2 Å². The Labute approximate surface area is 249 Å². The molecular weight excluding hydrogens is 552 g/mol. The molecule has 0 bridgehead atoms. The number of piperidine rings is 1. The topological polar surface area (TPSA) is 59.7 Å². The first kappa shape index (κ1) is 27.4. The lowest BCUT2D eigenvalue weighted by molar-refractivity contribution is -0.113. The molecule has 1 aromatic heterocycles. The number of halogens is 1. The molecule has 1 saturated heterocycles. The van der Waals surface area contributed by atoms with Gasteiger partial charge in [0, 0.05) is 30.4 Å². The number of thioether (sulfide) groups is 1. The number of carbonyl (C=O) groups excluding carboxylic acids is 1. The van der Waals surface area contributed by atoms with Gasteiger partial charge in [0.2, 0.25) is 0 Å². The zero-order valence-electron chi connectivity index (χ0n) is 22.9. The quantitative estimate of drug-likeness (QED) is 0.211. The Kier molecular flexibility index (Phi) is 8.26. The van der Waals surface area contributed by atoms with Gasteiger partial charge in [-0.05, 0) is 85.8 Å². The summed E-state index contributed by atoms with van der Waals surface area (Å²) in [6.07, 6.45) is 7.13. The summed E-state index contributed by atoms with van der Waals surface area (Å²) in [4.78, 5) is 20.4. The van der Waals surface area contributed by atoms with E-state index in [1.165, 1.54) is 17.3 Å². The number of amidine groups is 1. The number of hydrogen-bond acceptors (Lipinski definition) is 5. The van der Waals surface area contributed by atoms with Crippen LogP contribution in [0.25, 0.3) is 23.0 Å². The molecule has 0 atom stereocenters. The van der Waals surface area contributed by atoms with Crippen molar-refractivity contribution < 1.29 is 9.53 Å². The van der Waals surface area contributed by atoms with E-state index in [9.17, 15) is 4.79 Å². The van der Waals surface area contributed by atoms with Crippen molar-refractivity contribution >= 4 is 40.5 Å². The van der Waals surface area contributed by atoms with Crippen LogP contribution >= 0.6 is 23.4 Å². The highest BCUT2D eigenvalue weighted by Crippen LogP contribution is 2.36. The lowest BCUT2D eigenvalue weighted by atomic mass is 9.90. The molecule has 0 aliphatic carbocycles. The molecule has 6 nitrogen and oxygen atoms in total. The molecule has 3 aromatic carbocycles. The van der Waals surface area contributed by atoms with Gasteiger partial charge in [-0.3, -0.25) is 4.79 Å². The minimum Gasteiger partial charge on any atom is -0.492 e. The Bertz CT molecular complexity index is 1590. The molecule has 1 fully saturated rings. The normalized spacial score (nSPS) is 16.8. The van der Waals surface area contributed by atoms with Crippen molar-refractivity contribution in [2.24, 2.45) is 10.9 Å². The minimum atomic E-state index is -0.209. The largest absolute Gasteiger partial charge is 0.492 e. The van der Waals surface area contributed by atoms with Crippen LogP contribution in [0, 0.1) is 5.92 Å². The van der Waals surface area contributed by atoms with Gasteiger partial charge in [0.1, 0.15) is 11.4 Å². The number of para-hydroxylation sites is 1. The first-order valence-corrected chi connectivity index (χ1v) is 15.2. The highest BCUT2D eigenvalue weighted by Gasteiger charge is 2.29. The zero-order chi connectivity index (χ0) is 28.2. The second kappa shape index (κ2) is 12.4. The second-order valence-corrected chi connectivity index (χ2v) is 11.6. The average Bonchev–Trinajstić information content (AvgIpc) is 3.59. The van der Waals surface area contributed by atoms with E-state index in [0.717, 1.165) is 60.0 Å². The number of hydrogen-bond donors (Lipinski definition) is 0. The van der Waals surface area contributed by atoms with Crippen molar-refractivity contribution in [2.75, 3.05) is 19.7 Å². The van der Waals surface area contributed by atoms with E-state index in [4.69, 9.17) is 21.4 Å². The lowest BCUT2D eigenvalue weighted by Gasteiger charge is -2.32. The predicted molar refractivity (Wildman–Crippen MR) is 168 cm³/mol. The van der Waals surface area contributed by atoms with Gasteiger partial charge in [-0.15, -0.1) is 0 Å². The van der Waals surface area contributed by atoms with Crippen LogP contribution in [0.5, 0.6) is 5.75 Å². The first-order chi connectivity index (χ1) is 20.1.